The van der Waals surface area contributed by atoms with E-state index < -0.39 is 4.92 Å². The molecular formula is C21H21N3O4S. The number of nitro groups is 1. The first kappa shape index (κ1) is 19.4. The van der Waals surface area contributed by atoms with Crippen LogP contribution >= 0.6 is 11.8 Å². The van der Waals surface area contributed by atoms with E-state index in [0.29, 0.717) is 34.2 Å². The van der Waals surface area contributed by atoms with Crippen LogP contribution in [0.3, 0.4) is 0 Å². The average Bonchev–Trinajstić information content (AvgIpc) is 3.26. The summed E-state index contributed by atoms with van der Waals surface area (Å²) < 4.78 is 7.52. The van der Waals surface area contributed by atoms with Gasteiger partial charge in [-0.05, 0) is 31.0 Å². The maximum absolute atomic E-state index is 13.1. The topological polar surface area (TPSA) is 87.3 Å². The van der Waals surface area contributed by atoms with E-state index in [4.69, 9.17) is 9.72 Å². The van der Waals surface area contributed by atoms with Gasteiger partial charge in [0.2, 0.25) is 0 Å². The number of fused-ring (bicyclic) bond motifs is 1. The van der Waals surface area contributed by atoms with Gasteiger partial charge in [-0.1, -0.05) is 42.8 Å². The molecule has 1 heterocycles. The minimum absolute atomic E-state index is 0.00132. The molecule has 0 radical (unpaired) electrons. The first-order valence-corrected chi connectivity index (χ1v) is 10.6. The van der Waals surface area contributed by atoms with Crippen molar-refractivity contribution in [2.24, 2.45) is 0 Å². The lowest BCUT2D eigenvalue weighted by Crippen LogP contribution is -2.26. The molecule has 29 heavy (non-hydrogen) atoms. The Morgan fingerprint density at radius 2 is 1.97 bits per heavy atom. The highest BCUT2D eigenvalue weighted by Gasteiger charge is 2.23. The molecule has 0 bridgehead atoms. The number of benzene rings is 2. The molecule has 0 aliphatic heterocycles. The van der Waals surface area contributed by atoms with E-state index in [9.17, 15) is 14.9 Å². The fourth-order valence-corrected chi connectivity index (χ4v) is 4.57. The predicted molar refractivity (Wildman–Crippen MR) is 113 cm³/mol. The highest BCUT2D eigenvalue weighted by Crippen LogP contribution is 2.32. The summed E-state index contributed by atoms with van der Waals surface area (Å²) in [4.78, 5) is 28.3. The third-order valence-electron chi connectivity index (χ3n) is 5.08. The maximum Gasteiger partial charge on any atom is 0.273 e. The number of nitrogens with zero attached hydrogens (tertiary/aromatic N) is 3. The molecule has 7 nitrogen and oxygen atoms in total. The maximum atomic E-state index is 13.1. The molecule has 4 rings (SSSR count). The second-order valence-corrected chi connectivity index (χ2v) is 8.04. The van der Waals surface area contributed by atoms with Crippen LogP contribution in [0.25, 0.3) is 10.9 Å². The zero-order valence-corrected chi connectivity index (χ0v) is 16.6. The number of thioether (sulfide) groups is 1. The molecule has 1 fully saturated rings. The van der Waals surface area contributed by atoms with Crippen molar-refractivity contribution in [3.8, 4) is 5.75 Å². The number of ether oxygens (including phenoxy) is 1. The van der Waals surface area contributed by atoms with Crippen LogP contribution in [0.1, 0.15) is 31.7 Å². The summed E-state index contributed by atoms with van der Waals surface area (Å²) >= 11 is 1.49. The summed E-state index contributed by atoms with van der Waals surface area (Å²) in [5, 5.41) is 12.2. The molecule has 0 N–H and O–H groups in total. The van der Waals surface area contributed by atoms with Crippen molar-refractivity contribution >= 4 is 28.4 Å². The van der Waals surface area contributed by atoms with Crippen LogP contribution in [0.5, 0.6) is 5.75 Å². The molecule has 1 aliphatic rings. The molecule has 0 spiro atoms. The van der Waals surface area contributed by atoms with E-state index in [1.54, 1.807) is 12.1 Å². The second-order valence-electron chi connectivity index (χ2n) is 6.98. The van der Waals surface area contributed by atoms with Crippen LogP contribution in [-0.2, 0) is 0 Å². The fourth-order valence-electron chi connectivity index (χ4n) is 3.69. The minimum atomic E-state index is -0.444. The normalized spacial score (nSPS) is 14.3. The van der Waals surface area contributed by atoms with E-state index >= 15 is 0 Å². The van der Waals surface area contributed by atoms with E-state index in [1.807, 2.05) is 28.8 Å². The summed E-state index contributed by atoms with van der Waals surface area (Å²) in [6, 6.07) is 13.8. The number of para-hydroxylation sites is 1. The van der Waals surface area contributed by atoms with Gasteiger partial charge < -0.3 is 4.74 Å². The Labute approximate surface area is 171 Å². The zero-order chi connectivity index (χ0) is 20.2. The Hall–Kier alpha value is -2.87. The van der Waals surface area contributed by atoms with Crippen molar-refractivity contribution in [2.75, 3.05) is 12.4 Å². The Bertz CT molecular complexity index is 1090. The summed E-state index contributed by atoms with van der Waals surface area (Å²) in [5.74, 6) is 1.04. The van der Waals surface area contributed by atoms with Crippen molar-refractivity contribution in [2.45, 2.75) is 36.9 Å². The highest BCUT2D eigenvalue weighted by molar-refractivity contribution is 7.99. The van der Waals surface area contributed by atoms with Crippen LogP contribution in [0.4, 0.5) is 5.69 Å². The third kappa shape index (κ3) is 4.27. The number of hydrogen-bond acceptors (Lipinski definition) is 6. The van der Waals surface area contributed by atoms with Crippen molar-refractivity contribution in [1.29, 1.82) is 0 Å². The molecular weight excluding hydrogens is 390 g/mol. The molecule has 0 amide bonds. The monoisotopic (exact) mass is 411 g/mol. The number of rotatable bonds is 7. The van der Waals surface area contributed by atoms with Gasteiger partial charge in [0.05, 0.1) is 28.5 Å². The molecule has 150 valence electrons. The number of nitro benzene ring substituents is 1. The third-order valence-corrected chi connectivity index (χ3v) is 5.99. The van der Waals surface area contributed by atoms with Gasteiger partial charge in [-0.15, -0.1) is 0 Å². The number of aromatic nitrogens is 2. The van der Waals surface area contributed by atoms with E-state index in [0.717, 1.165) is 25.7 Å². The lowest BCUT2D eigenvalue weighted by atomic mass is 10.2. The summed E-state index contributed by atoms with van der Waals surface area (Å²) in [6.07, 6.45) is 4.25. The van der Waals surface area contributed by atoms with Crippen LogP contribution in [0.2, 0.25) is 0 Å². The van der Waals surface area contributed by atoms with E-state index in [-0.39, 0.29) is 17.3 Å². The lowest BCUT2D eigenvalue weighted by Gasteiger charge is -2.18. The Morgan fingerprint density at radius 1 is 1.17 bits per heavy atom. The Kier molecular flexibility index (Phi) is 5.80. The molecule has 1 aromatic heterocycles. The second kappa shape index (κ2) is 8.65. The lowest BCUT2D eigenvalue weighted by molar-refractivity contribution is -0.384. The van der Waals surface area contributed by atoms with Gasteiger partial charge in [-0.25, -0.2) is 4.98 Å². The first-order chi connectivity index (χ1) is 14.1. The number of non-ortho nitro benzene ring substituents is 1. The number of hydrogen-bond donors (Lipinski definition) is 0. The fraction of sp³-hybridized carbons (Fsp3) is 0.333. The smallest absolute Gasteiger partial charge is 0.273 e. The van der Waals surface area contributed by atoms with Gasteiger partial charge >= 0.3 is 0 Å². The zero-order valence-electron chi connectivity index (χ0n) is 15.8. The van der Waals surface area contributed by atoms with Crippen molar-refractivity contribution in [1.82, 2.24) is 9.55 Å². The Morgan fingerprint density at radius 3 is 2.76 bits per heavy atom. The molecule has 2 aromatic carbocycles. The summed E-state index contributed by atoms with van der Waals surface area (Å²) in [7, 11) is 0. The minimum Gasteiger partial charge on any atom is -0.492 e. The molecule has 0 unspecified atom stereocenters. The SMILES string of the molecule is O=c1c2ccccc2nc(SCCOc2cccc([N+](=O)[O-])c2)n1C1CCCC1. The first-order valence-electron chi connectivity index (χ1n) is 9.65. The molecule has 3 aromatic rings. The van der Waals surface area contributed by atoms with Crippen LogP contribution in [0.15, 0.2) is 58.5 Å². The average molecular weight is 411 g/mol. The molecule has 0 atom stereocenters. The van der Waals surface area contributed by atoms with E-state index in [1.165, 1.54) is 23.9 Å². The van der Waals surface area contributed by atoms with Crippen LogP contribution in [0, 0.1) is 10.1 Å². The van der Waals surface area contributed by atoms with Crippen LogP contribution < -0.4 is 10.3 Å². The molecule has 0 saturated heterocycles. The van der Waals surface area contributed by atoms with Gasteiger partial charge in [-0.3, -0.25) is 19.5 Å². The van der Waals surface area contributed by atoms with Gasteiger partial charge in [0.15, 0.2) is 5.16 Å². The molecule has 1 saturated carbocycles. The van der Waals surface area contributed by atoms with Gasteiger partial charge in [-0.2, -0.15) is 0 Å². The molecule has 8 heteroatoms. The molecule has 1 aliphatic carbocycles. The standard InChI is InChI=1S/C21H21N3O4S/c25-20-18-10-3-4-11-19(18)22-21(23(20)15-6-1-2-7-15)29-13-12-28-17-9-5-8-16(14-17)24(26)27/h3-5,8-11,14-15H,1-2,6-7,12-13H2. The van der Waals surface area contributed by atoms with Crippen LogP contribution in [-0.4, -0.2) is 26.8 Å². The van der Waals surface area contributed by atoms with Crippen molar-refractivity contribution in [3.05, 3.63) is 69.0 Å². The van der Waals surface area contributed by atoms with Gasteiger partial charge in [0.1, 0.15) is 5.75 Å². The highest BCUT2D eigenvalue weighted by atomic mass is 32.2. The quantitative estimate of drug-likeness (QED) is 0.186. The van der Waals surface area contributed by atoms with Gasteiger partial charge in [0.25, 0.3) is 11.2 Å². The summed E-state index contributed by atoms with van der Waals surface area (Å²) in [6.45, 7) is 0.360. The van der Waals surface area contributed by atoms with Crippen molar-refractivity contribution < 1.29 is 9.66 Å². The Balaban J connectivity index is 1.51. The summed E-state index contributed by atoms with van der Waals surface area (Å²) in [5.41, 5.74) is 0.722. The largest absolute Gasteiger partial charge is 0.492 e. The van der Waals surface area contributed by atoms with E-state index in [2.05, 4.69) is 0 Å². The van der Waals surface area contributed by atoms with Crippen molar-refractivity contribution in [3.63, 3.8) is 0 Å². The van der Waals surface area contributed by atoms with Gasteiger partial charge in [0, 0.05) is 17.9 Å². The predicted octanol–water partition coefficient (Wildman–Crippen LogP) is 4.59.